The maximum atomic E-state index is 13.9. The van der Waals surface area contributed by atoms with Crippen molar-refractivity contribution in [3.63, 3.8) is 0 Å². The van der Waals surface area contributed by atoms with E-state index >= 15 is 0 Å². The van der Waals surface area contributed by atoms with Gasteiger partial charge in [0.1, 0.15) is 11.4 Å². The lowest BCUT2D eigenvalue weighted by molar-refractivity contribution is -0.119. The van der Waals surface area contributed by atoms with Gasteiger partial charge in [-0.1, -0.05) is 11.6 Å². The van der Waals surface area contributed by atoms with Crippen LogP contribution in [0.4, 0.5) is 10.1 Å². The predicted molar refractivity (Wildman–Crippen MR) is 62.7 cm³/mol. The zero-order chi connectivity index (χ0) is 12.4. The first-order chi connectivity index (χ1) is 8.11. The largest absolute Gasteiger partial charge is 0.491 e. The molecule has 92 valence electrons. The van der Waals surface area contributed by atoms with Gasteiger partial charge in [-0.2, -0.15) is 0 Å². The Balaban J connectivity index is 2.40. The van der Waals surface area contributed by atoms with Crippen LogP contribution in [0.15, 0.2) is 12.1 Å². The lowest BCUT2D eigenvalue weighted by Gasteiger charge is -2.21. The van der Waals surface area contributed by atoms with Crippen molar-refractivity contribution in [3.8, 4) is 5.75 Å². The average molecular weight is 259 g/mol. The van der Waals surface area contributed by atoms with E-state index in [2.05, 4.69) is 5.43 Å². The van der Waals surface area contributed by atoms with E-state index in [0.717, 1.165) is 0 Å². The molecule has 0 aromatic heterocycles. The number of hydrazine groups is 1. The molecule has 0 radical (unpaired) electrons. The monoisotopic (exact) mass is 258 g/mol. The molecule has 0 spiro atoms. The fraction of sp³-hybridized carbons (Fsp3) is 0.364. The van der Waals surface area contributed by atoms with E-state index in [-0.39, 0.29) is 16.6 Å². The molecule has 1 aromatic rings. The first-order valence-corrected chi connectivity index (χ1v) is 5.68. The van der Waals surface area contributed by atoms with Gasteiger partial charge in [-0.15, -0.1) is 0 Å². The Morgan fingerprint density at radius 2 is 2.35 bits per heavy atom. The van der Waals surface area contributed by atoms with Crippen molar-refractivity contribution >= 4 is 23.2 Å². The minimum Gasteiger partial charge on any atom is -0.491 e. The van der Waals surface area contributed by atoms with Gasteiger partial charge in [-0.05, 0) is 13.0 Å². The maximum Gasteiger partial charge on any atom is 0.240 e. The summed E-state index contributed by atoms with van der Waals surface area (Å²) in [5.41, 5.74) is 2.78. The van der Waals surface area contributed by atoms with Crippen molar-refractivity contribution in [1.29, 1.82) is 0 Å². The summed E-state index contributed by atoms with van der Waals surface area (Å²) in [7, 11) is 0. The van der Waals surface area contributed by atoms with Crippen LogP contribution in [0.1, 0.15) is 13.3 Å². The molecule has 1 aliphatic heterocycles. The van der Waals surface area contributed by atoms with Crippen LogP contribution in [0.2, 0.25) is 5.02 Å². The van der Waals surface area contributed by atoms with Crippen LogP contribution in [0, 0.1) is 5.82 Å². The van der Waals surface area contributed by atoms with Crippen LogP contribution in [-0.2, 0) is 4.79 Å². The van der Waals surface area contributed by atoms with E-state index < -0.39 is 5.82 Å². The molecule has 1 aromatic carbocycles. The van der Waals surface area contributed by atoms with Gasteiger partial charge in [0, 0.05) is 24.1 Å². The van der Waals surface area contributed by atoms with Gasteiger partial charge in [-0.25, -0.2) is 4.39 Å². The molecule has 1 amide bonds. The lowest BCUT2D eigenvalue weighted by atomic mass is 10.2. The number of hydrogen-bond acceptors (Lipinski definition) is 3. The zero-order valence-electron chi connectivity index (χ0n) is 9.30. The van der Waals surface area contributed by atoms with Gasteiger partial charge in [0.25, 0.3) is 0 Å². The van der Waals surface area contributed by atoms with Crippen molar-refractivity contribution in [2.75, 3.05) is 18.2 Å². The number of carbonyl (C=O) groups is 1. The summed E-state index contributed by atoms with van der Waals surface area (Å²) in [5.74, 6) is -0.315. The number of hydrogen-bond donors (Lipinski definition) is 1. The normalized spacial score (nSPS) is 15.0. The summed E-state index contributed by atoms with van der Waals surface area (Å²) < 4.78 is 19.2. The van der Waals surface area contributed by atoms with Gasteiger partial charge in [0.2, 0.25) is 5.91 Å². The third-order valence-electron chi connectivity index (χ3n) is 2.39. The molecule has 1 N–H and O–H groups in total. The van der Waals surface area contributed by atoms with Crippen molar-refractivity contribution < 1.29 is 13.9 Å². The van der Waals surface area contributed by atoms with Crippen molar-refractivity contribution in [2.45, 2.75) is 13.3 Å². The van der Waals surface area contributed by atoms with E-state index in [1.807, 2.05) is 0 Å². The van der Waals surface area contributed by atoms with Crippen molar-refractivity contribution in [2.24, 2.45) is 0 Å². The van der Waals surface area contributed by atoms with E-state index in [4.69, 9.17) is 16.3 Å². The minimum atomic E-state index is -0.511. The van der Waals surface area contributed by atoms with Gasteiger partial charge in [0.15, 0.2) is 5.82 Å². The molecule has 6 heteroatoms. The first kappa shape index (κ1) is 12.0. The van der Waals surface area contributed by atoms with E-state index in [0.29, 0.717) is 25.3 Å². The lowest BCUT2D eigenvalue weighted by Crippen LogP contribution is -2.34. The van der Waals surface area contributed by atoms with Crippen LogP contribution >= 0.6 is 11.6 Å². The minimum absolute atomic E-state index is 0.137. The third-order valence-corrected chi connectivity index (χ3v) is 2.60. The van der Waals surface area contributed by atoms with Crippen molar-refractivity contribution in [1.82, 2.24) is 5.43 Å². The van der Waals surface area contributed by atoms with Gasteiger partial charge >= 0.3 is 0 Å². The van der Waals surface area contributed by atoms with Crippen LogP contribution in [-0.4, -0.2) is 19.1 Å². The number of amides is 1. The third kappa shape index (κ3) is 2.44. The molecule has 0 aliphatic carbocycles. The molecule has 0 unspecified atom stereocenters. The number of rotatable bonds is 3. The smallest absolute Gasteiger partial charge is 0.240 e. The van der Waals surface area contributed by atoms with E-state index in [1.54, 1.807) is 6.92 Å². The molecular formula is C11H12ClFN2O2. The Bertz CT molecular complexity index is 453. The molecule has 1 fully saturated rings. The Hall–Kier alpha value is -1.49. The fourth-order valence-corrected chi connectivity index (χ4v) is 1.91. The molecular weight excluding hydrogens is 247 g/mol. The number of halogens is 2. The van der Waals surface area contributed by atoms with E-state index in [1.165, 1.54) is 17.1 Å². The molecule has 1 heterocycles. The van der Waals surface area contributed by atoms with Crippen LogP contribution in [0.25, 0.3) is 0 Å². The molecule has 1 aliphatic rings. The number of ether oxygens (including phenoxy) is 1. The van der Waals surface area contributed by atoms with Gasteiger partial charge in [0.05, 0.1) is 6.61 Å². The maximum absolute atomic E-state index is 13.9. The van der Waals surface area contributed by atoms with Crippen molar-refractivity contribution in [3.05, 3.63) is 23.0 Å². The SMILES string of the molecule is CCOc1cc(Cl)cc(F)c1N1CCC(=O)N1. The summed E-state index contributed by atoms with van der Waals surface area (Å²) in [6.45, 7) is 2.61. The summed E-state index contributed by atoms with van der Waals surface area (Å²) >= 11 is 5.77. The highest BCUT2D eigenvalue weighted by molar-refractivity contribution is 6.30. The Kier molecular flexibility index (Phi) is 3.38. The number of nitrogens with zero attached hydrogens (tertiary/aromatic N) is 1. The summed E-state index contributed by atoms with van der Waals surface area (Å²) in [5, 5.41) is 1.71. The number of carbonyl (C=O) groups excluding carboxylic acids is 1. The standard InChI is InChI=1S/C11H12ClFN2O2/c1-2-17-9-6-7(12)5-8(13)11(9)15-4-3-10(16)14-15/h5-6H,2-4H2,1H3,(H,14,16). The first-order valence-electron chi connectivity index (χ1n) is 5.30. The van der Waals surface area contributed by atoms with Crippen LogP contribution < -0.4 is 15.2 Å². The fourth-order valence-electron chi connectivity index (χ4n) is 1.71. The number of benzene rings is 1. The van der Waals surface area contributed by atoms with Crippen LogP contribution in [0.3, 0.4) is 0 Å². The molecule has 17 heavy (non-hydrogen) atoms. The summed E-state index contributed by atoms with van der Waals surface area (Å²) in [4.78, 5) is 11.1. The second-order valence-electron chi connectivity index (χ2n) is 3.60. The van der Waals surface area contributed by atoms with E-state index in [9.17, 15) is 9.18 Å². The molecule has 4 nitrogen and oxygen atoms in total. The second kappa shape index (κ2) is 4.79. The molecule has 0 bridgehead atoms. The summed E-state index contributed by atoms with van der Waals surface area (Å²) in [6, 6.07) is 2.73. The highest BCUT2D eigenvalue weighted by Crippen LogP contribution is 2.34. The molecule has 2 rings (SSSR count). The predicted octanol–water partition coefficient (Wildman–Crippen LogP) is 2.12. The quantitative estimate of drug-likeness (QED) is 0.903. The van der Waals surface area contributed by atoms with Gasteiger partial charge < -0.3 is 4.74 Å². The van der Waals surface area contributed by atoms with Crippen LogP contribution in [0.5, 0.6) is 5.75 Å². The molecule has 1 saturated heterocycles. The summed E-state index contributed by atoms with van der Waals surface area (Å²) in [6.07, 6.45) is 0.341. The van der Waals surface area contributed by atoms with Gasteiger partial charge in [-0.3, -0.25) is 15.2 Å². The zero-order valence-corrected chi connectivity index (χ0v) is 10.1. The number of anilines is 1. The Labute approximate surface area is 103 Å². The molecule has 0 saturated carbocycles. The number of nitrogens with one attached hydrogen (secondary N) is 1. The molecule has 0 atom stereocenters. The average Bonchev–Trinajstić information content (AvgIpc) is 2.64. The topological polar surface area (TPSA) is 41.6 Å². The highest BCUT2D eigenvalue weighted by atomic mass is 35.5. The second-order valence-corrected chi connectivity index (χ2v) is 4.04. The Morgan fingerprint density at radius 3 is 2.94 bits per heavy atom. The Morgan fingerprint density at radius 1 is 1.59 bits per heavy atom. The highest BCUT2D eigenvalue weighted by Gasteiger charge is 2.25.